The molecule has 0 saturated heterocycles. The van der Waals surface area contributed by atoms with Crippen molar-refractivity contribution in [2.75, 3.05) is 13.2 Å². The zero-order valence-corrected chi connectivity index (χ0v) is 20.1. The number of carbonyl (C=O) groups is 2. The number of H-pyrrole nitrogens is 1. The predicted molar refractivity (Wildman–Crippen MR) is 128 cm³/mol. The van der Waals surface area contributed by atoms with Gasteiger partial charge in [-0.15, -0.1) is 0 Å². The summed E-state index contributed by atoms with van der Waals surface area (Å²) in [5, 5.41) is 13.2. The fraction of sp³-hybridized carbons (Fsp3) is 0.240. The molecule has 1 aromatic carbocycles. The first-order valence-electron chi connectivity index (χ1n) is 11.5. The molecule has 5 rings (SSSR count). The van der Waals surface area contributed by atoms with Crippen molar-refractivity contribution in [1.82, 2.24) is 25.3 Å². The van der Waals surface area contributed by atoms with E-state index < -0.39 is 47.1 Å². The van der Waals surface area contributed by atoms with Gasteiger partial charge in [-0.3, -0.25) is 14.6 Å². The number of ether oxygens (including phenoxy) is 1. The molecule has 10 nitrogen and oxygen atoms in total. The molecule has 0 radical (unpaired) electrons. The van der Waals surface area contributed by atoms with Gasteiger partial charge in [-0.1, -0.05) is 0 Å². The van der Waals surface area contributed by atoms with Gasteiger partial charge in [0, 0.05) is 29.7 Å². The van der Waals surface area contributed by atoms with Crippen LogP contribution in [0.3, 0.4) is 0 Å². The van der Waals surface area contributed by atoms with E-state index in [0.29, 0.717) is 0 Å². The third-order valence-electron chi connectivity index (χ3n) is 6.68. The Labute approximate surface area is 217 Å². The molecule has 0 fully saturated rings. The summed E-state index contributed by atoms with van der Waals surface area (Å²) < 4.78 is 62.6. The lowest BCUT2D eigenvalue weighted by molar-refractivity contribution is -0.265. The van der Waals surface area contributed by atoms with Crippen LogP contribution in [0.25, 0.3) is 22.4 Å². The van der Waals surface area contributed by atoms with Crippen molar-refractivity contribution < 1.29 is 37.0 Å². The Morgan fingerprint density at radius 2 is 1.90 bits per heavy atom. The lowest BCUT2D eigenvalue weighted by Gasteiger charge is -2.31. The minimum absolute atomic E-state index is 0.0300. The number of nitrogens with two attached hydrogens (primary N) is 1. The minimum Gasteiger partial charge on any atom is -0.489 e. The van der Waals surface area contributed by atoms with E-state index in [4.69, 9.17) is 10.5 Å². The van der Waals surface area contributed by atoms with Crippen molar-refractivity contribution in [3.8, 4) is 17.0 Å². The van der Waals surface area contributed by atoms with E-state index in [0.717, 1.165) is 18.2 Å². The lowest BCUT2D eigenvalue weighted by atomic mass is 9.81. The van der Waals surface area contributed by atoms with Crippen LogP contribution in [0.5, 0.6) is 5.75 Å². The van der Waals surface area contributed by atoms with Crippen LogP contribution in [0.4, 0.5) is 17.6 Å². The number of hydrogen-bond acceptors (Lipinski definition) is 7. The average molecular weight is 544 g/mol. The van der Waals surface area contributed by atoms with Gasteiger partial charge in [-0.05, 0) is 37.3 Å². The number of alkyl halides is 3. The molecular weight excluding hydrogens is 524 g/mol. The Balaban J connectivity index is 1.61. The second-order valence-corrected chi connectivity index (χ2v) is 9.22. The fourth-order valence-corrected chi connectivity index (χ4v) is 4.26. The number of hydrogen-bond donors (Lipinski definition) is 4. The Hall–Kier alpha value is -4.59. The largest absolute Gasteiger partial charge is 0.489 e. The first kappa shape index (κ1) is 26.0. The number of pyridine rings is 1. The Kier molecular flexibility index (Phi) is 6.01. The summed E-state index contributed by atoms with van der Waals surface area (Å²) in [6.45, 7) is -0.253. The number of amides is 2. The number of halogens is 4. The van der Waals surface area contributed by atoms with Crippen LogP contribution in [-0.2, 0) is 15.8 Å². The minimum atomic E-state index is -5.34. The van der Waals surface area contributed by atoms with Gasteiger partial charge in [0.25, 0.3) is 5.91 Å². The van der Waals surface area contributed by atoms with Crippen molar-refractivity contribution in [1.29, 1.82) is 0 Å². The average Bonchev–Trinajstić information content (AvgIpc) is 3.49. The lowest BCUT2D eigenvalue weighted by Crippen LogP contribution is -2.51. The number of carbonyl (C=O) groups excluding carboxylic acids is 2. The molecule has 1 unspecified atom stereocenters. The summed E-state index contributed by atoms with van der Waals surface area (Å²) in [5.41, 5.74) is -0.430. The van der Waals surface area contributed by atoms with Gasteiger partial charge >= 0.3 is 6.18 Å². The molecule has 1 aliphatic rings. The van der Waals surface area contributed by atoms with Crippen molar-refractivity contribution in [2.45, 2.75) is 24.1 Å². The number of benzene rings is 1. The van der Waals surface area contributed by atoms with E-state index in [-0.39, 0.29) is 45.9 Å². The molecule has 14 heteroatoms. The van der Waals surface area contributed by atoms with E-state index in [9.17, 15) is 32.3 Å². The molecule has 39 heavy (non-hydrogen) atoms. The van der Waals surface area contributed by atoms with Gasteiger partial charge in [-0.25, -0.2) is 14.4 Å². The van der Waals surface area contributed by atoms with Gasteiger partial charge in [0.05, 0.1) is 17.8 Å². The van der Waals surface area contributed by atoms with Gasteiger partial charge in [-0.2, -0.15) is 13.2 Å². The third kappa shape index (κ3) is 4.22. The van der Waals surface area contributed by atoms with Crippen molar-refractivity contribution in [3.05, 3.63) is 71.6 Å². The molecule has 0 saturated carbocycles. The van der Waals surface area contributed by atoms with Crippen molar-refractivity contribution in [3.63, 3.8) is 0 Å². The maximum atomic E-state index is 14.5. The van der Waals surface area contributed by atoms with E-state index in [1.165, 1.54) is 37.6 Å². The molecule has 3 aromatic heterocycles. The number of aliphatic hydroxyl groups is 1. The quantitative estimate of drug-likeness (QED) is 0.272. The van der Waals surface area contributed by atoms with Crippen LogP contribution in [0, 0.1) is 5.82 Å². The number of rotatable bonds is 6. The smallest absolute Gasteiger partial charge is 0.424 e. The predicted octanol–water partition coefficient (Wildman–Crippen LogP) is 2.47. The second-order valence-electron chi connectivity index (χ2n) is 9.22. The maximum absolute atomic E-state index is 14.5. The van der Waals surface area contributed by atoms with Gasteiger partial charge in [0.15, 0.2) is 5.65 Å². The summed E-state index contributed by atoms with van der Waals surface area (Å²) in [5.74, 6) is -2.48. The summed E-state index contributed by atoms with van der Waals surface area (Å²) >= 11 is 0. The summed E-state index contributed by atoms with van der Waals surface area (Å²) in [4.78, 5) is 39.8. The van der Waals surface area contributed by atoms with E-state index in [2.05, 4.69) is 25.3 Å². The molecule has 202 valence electrons. The highest BCUT2D eigenvalue weighted by Crippen LogP contribution is 2.47. The number of primary amides is 1. The number of nitrogens with zero attached hydrogens (tertiary/aromatic N) is 3. The summed E-state index contributed by atoms with van der Waals surface area (Å²) in [6.07, 6.45) is -1.44. The zero-order valence-electron chi connectivity index (χ0n) is 20.1. The number of nitrogens with one attached hydrogen (secondary N) is 2. The standard InChI is InChI=1S/C25H20F4N6O4/c1-23(22(30)37)11-39-19-15(23)8-16(35-17(19)12-2-4-13(26)5-3-12)24(38,25(27,28)29)10-34-21(36)14-9-33-20-18(14)31-6-7-32-20/h2-9,38H,10-11H2,1H3,(H2,30,37)(H,32,33)(H,34,36)/t23-,24?/m0/s1. The van der Waals surface area contributed by atoms with Gasteiger partial charge in [0.1, 0.15) is 34.8 Å². The first-order chi connectivity index (χ1) is 18.3. The molecule has 0 bridgehead atoms. The van der Waals surface area contributed by atoms with E-state index in [1.807, 2.05) is 0 Å². The van der Waals surface area contributed by atoms with Gasteiger partial charge < -0.3 is 25.9 Å². The number of aromatic amines is 1. The van der Waals surface area contributed by atoms with E-state index in [1.54, 1.807) is 0 Å². The summed E-state index contributed by atoms with van der Waals surface area (Å²) in [7, 11) is 0. The second kappa shape index (κ2) is 9.01. The molecule has 2 atom stereocenters. The Morgan fingerprint density at radius 1 is 1.21 bits per heavy atom. The monoisotopic (exact) mass is 544 g/mol. The molecular formula is C25H20F4N6O4. The first-order valence-corrected chi connectivity index (χ1v) is 11.5. The van der Waals surface area contributed by atoms with Crippen molar-refractivity contribution >= 4 is 23.0 Å². The maximum Gasteiger partial charge on any atom is 0.424 e. The number of aromatic nitrogens is 4. The SMILES string of the molecule is C[C@]1(C(N)=O)COc2c1cc(C(O)(CNC(=O)c1c[nH]c3nccnc13)C(F)(F)F)nc2-c1ccc(F)cc1. The molecule has 1 aliphatic heterocycles. The number of fused-ring (bicyclic) bond motifs is 2. The topological polar surface area (TPSA) is 156 Å². The van der Waals surface area contributed by atoms with Crippen LogP contribution in [-0.4, -0.2) is 56.2 Å². The van der Waals surface area contributed by atoms with Crippen LogP contribution in [0.2, 0.25) is 0 Å². The van der Waals surface area contributed by atoms with Crippen molar-refractivity contribution in [2.24, 2.45) is 5.73 Å². The molecule has 2 amide bonds. The van der Waals surface area contributed by atoms with Crippen LogP contribution in [0.1, 0.15) is 28.5 Å². The highest BCUT2D eigenvalue weighted by Gasteiger charge is 2.57. The molecule has 0 aliphatic carbocycles. The Morgan fingerprint density at radius 3 is 2.56 bits per heavy atom. The van der Waals surface area contributed by atoms with Crippen LogP contribution >= 0.6 is 0 Å². The van der Waals surface area contributed by atoms with Crippen LogP contribution in [0.15, 0.2) is 48.9 Å². The third-order valence-corrected chi connectivity index (χ3v) is 6.68. The van der Waals surface area contributed by atoms with Gasteiger partial charge in [0.2, 0.25) is 11.5 Å². The normalized spacial score (nSPS) is 18.3. The highest BCUT2D eigenvalue weighted by atomic mass is 19.4. The summed E-state index contributed by atoms with van der Waals surface area (Å²) in [6, 6.07) is 5.54. The molecule has 5 N–H and O–H groups in total. The fourth-order valence-electron chi connectivity index (χ4n) is 4.26. The van der Waals surface area contributed by atoms with E-state index >= 15 is 0 Å². The Bertz CT molecular complexity index is 1610. The molecule has 0 spiro atoms. The molecule has 4 heterocycles. The molecule has 4 aromatic rings. The highest BCUT2D eigenvalue weighted by molar-refractivity contribution is 6.04. The van der Waals surface area contributed by atoms with Crippen LogP contribution < -0.4 is 15.8 Å². The zero-order chi connectivity index (χ0) is 28.2.